The fourth-order valence-corrected chi connectivity index (χ4v) is 2.38. The van der Waals surface area contributed by atoms with E-state index in [9.17, 15) is 4.79 Å². The smallest absolute Gasteiger partial charge is 0.252 e. The molecule has 6 heteroatoms. The van der Waals surface area contributed by atoms with Gasteiger partial charge in [-0.25, -0.2) is 0 Å². The molecule has 0 unspecified atom stereocenters. The molecule has 0 saturated carbocycles. The van der Waals surface area contributed by atoms with E-state index in [0.29, 0.717) is 17.3 Å². The van der Waals surface area contributed by atoms with Gasteiger partial charge in [-0.05, 0) is 40.2 Å². The first-order valence-corrected chi connectivity index (χ1v) is 7.44. The largest absolute Gasteiger partial charge is 0.419 e. The molecule has 1 amide bonds. The zero-order valence-electron chi connectivity index (χ0n) is 11.5. The van der Waals surface area contributed by atoms with Crippen molar-refractivity contribution < 1.29 is 9.21 Å². The van der Waals surface area contributed by atoms with Crippen molar-refractivity contribution in [3.8, 4) is 11.5 Å². The van der Waals surface area contributed by atoms with Gasteiger partial charge in [-0.3, -0.25) is 4.79 Å². The molecule has 110 valence electrons. The minimum absolute atomic E-state index is 0.181. The normalized spacial score (nSPS) is 10.4. The average Bonchev–Trinajstić information content (AvgIpc) is 3.03. The summed E-state index contributed by atoms with van der Waals surface area (Å²) in [6.45, 7) is 0.181. The zero-order chi connectivity index (χ0) is 15.4. The Balaban J connectivity index is 1.67. The van der Waals surface area contributed by atoms with E-state index in [1.54, 1.807) is 12.1 Å². The Labute approximate surface area is 135 Å². The number of halogens is 1. The van der Waals surface area contributed by atoms with Gasteiger partial charge in [0.2, 0.25) is 11.8 Å². The van der Waals surface area contributed by atoms with E-state index in [1.165, 1.54) is 0 Å². The highest BCUT2D eigenvalue weighted by molar-refractivity contribution is 9.10. The SMILES string of the molecule is O=C(NCc1nnc(-c2ccccc2)o1)c1ccccc1Br. The van der Waals surface area contributed by atoms with E-state index >= 15 is 0 Å². The molecule has 0 saturated heterocycles. The zero-order valence-corrected chi connectivity index (χ0v) is 13.1. The van der Waals surface area contributed by atoms with Gasteiger partial charge in [-0.15, -0.1) is 10.2 Å². The van der Waals surface area contributed by atoms with Crippen molar-refractivity contribution in [3.05, 3.63) is 70.5 Å². The summed E-state index contributed by atoms with van der Waals surface area (Å²) in [5, 5.41) is 10.7. The Morgan fingerprint density at radius 2 is 1.77 bits per heavy atom. The van der Waals surface area contributed by atoms with Crippen molar-refractivity contribution in [1.82, 2.24) is 15.5 Å². The molecule has 5 nitrogen and oxygen atoms in total. The van der Waals surface area contributed by atoms with Crippen LogP contribution < -0.4 is 5.32 Å². The summed E-state index contributed by atoms with van der Waals surface area (Å²) < 4.78 is 6.28. The third kappa shape index (κ3) is 3.23. The van der Waals surface area contributed by atoms with Crippen LogP contribution >= 0.6 is 15.9 Å². The van der Waals surface area contributed by atoms with Crippen LogP contribution in [-0.4, -0.2) is 16.1 Å². The monoisotopic (exact) mass is 357 g/mol. The molecule has 0 spiro atoms. The van der Waals surface area contributed by atoms with Crippen molar-refractivity contribution in [2.45, 2.75) is 6.54 Å². The van der Waals surface area contributed by atoms with E-state index in [2.05, 4.69) is 31.4 Å². The summed E-state index contributed by atoms with van der Waals surface area (Å²) in [5.74, 6) is 0.594. The van der Waals surface area contributed by atoms with E-state index in [4.69, 9.17) is 4.42 Å². The fourth-order valence-electron chi connectivity index (χ4n) is 1.92. The molecule has 0 aliphatic carbocycles. The van der Waals surface area contributed by atoms with E-state index in [0.717, 1.165) is 10.0 Å². The Kier molecular flexibility index (Phi) is 4.29. The molecule has 2 aromatic carbocycles. The predicted molar refractivity (Wildman–Crippen MR) is 85.0 cm³/mol. The lowest BCUT2D eigenvalue weighted by atomic mass is 10.2. The van der Waals surface area contributed by atoms with E-state index in [-0.39, 0.29) is 12.5 Å². The molecular formula is C16H12BrN3O2. The lowest BCUT2D eigenvalue weighted by Crippen LogP contribution is -2.23. The topological polar surface area (TPSA) is 68.0 Å². The quantitative estimate of drug-likeness (QED) is 0.776. The molecule has 1 heterocycles. The molecule has 22 heavy (non-hydrogen) atoms. The van der Waals surface area contributed by atoms with Crippen molar-refractivity contribution in [2.75, 3.05) is 0 Å². The summed E-state index contributed by atoms with van der Waals surface area (Å²) in [7, 11) is 0. The molecule has 3 aromatic rings. The number of hydrogen-bond acceptors (Lipinski definition) is 4. The molecule has 1 aromatic heterocycles. The van der Waals surface area contributed by atoms with Crippen LogP contribution in [0.2, 0.25) is 0 Å². The molecule has 0 bridgehead atoms. The Hall–Kier alpha value is -2.47. The number of amides is 1. The first-order chi connectivity index (χ1) is 10.7. The van der Waals surface area contributed by atoms with E-state index in [1.807, 2.05) is 42.5 Å². The van der Waals surface area contributed by atoms with Gasteiger partial charge in [-0.1, -0.05) is 30.3 Å². The third-order valence-corrected chi connectivity index (χ3v) is 3.70. The Morgan fingerprint density at radius 1 is 1.05 bits per heavy atom. The molecule has 0 radical (unpaired) electrons. The summed E-state index contributed by atoms with van der Waals surface area (Å²) >= 11 is 3.35. The van der Waals surface area contributed by atoms with Crippen LogP contribution in [0.25, 0.3) is 11.5 Å². The summed E-state index contributed by atoms with van der Waals surface area (Å²) in [6, 6.07) is 16.7. The lowest BCUT2D eigenvalue weighted by Gasteiger charge is -2.04. The number of carbonyl (C=O) groups is 1. The minimum Gasteiger partial charge on any atom is -0.419 e. The summed E-state index contributed by atoms with van der Waals surface area (Å²) in [4.78, 5) is 12.1. The van der Waals surface area contributed by atoms with Gasteiger partial charge in [0, 0.05) is 10.0 Å². The Bertz CT molecular complexity index is 787. The van der Waals surface area contributed by atoms with Crippen LogP contribution in [0.5, 0.6) is 0 Å². The number of carbonyl (C=O) groups excluding carboxylic acids is 1. The maximum atomic E-state index is 12.1. The van der Waals surface area contributed by atoms with Gasteiger partial charge in [0.25, 0.3) is 5.91 Å². The highest BCUT2D eigenvalue weighted by Gasteiger charge is 2.12. The van der Waals surface area contributed by atoms with Crippen LogP contribution in [0.3, 0.4) is 0 Å². The number of nitrogens with zero attached hydrogens (tertiary/aromatic N) is 2. The van der Waals surface area contributed by atoms with E-state index < -0.39 is 0 Å². The maximum absolute atomic E-state index is 12.1. The standard InChI is InChI=1S/C16H12BrN3O2/c17-13-9-5-4-8-12(13)15(21)18-10-14-19-20-16(22-14)11-6-2-1-3-7-11/h1-9H,10H2,(H,18,21). The van der Waals surface area contributed by atoms with Gasteiger partial charge >= 0.3 is 0 Å². The van der Waals surface area contributed by atoms with Crippen LogP contribution in [0.4, 0.5) is 0 Å². The highest BCUT2D eigenvalue weighted by atomic mass is 79.9. The number of benzene rings is 2. The number of rotatable bonds is 4. The average molecular weight is 358 g/mol. The second-order valence-electron chi connectivity index (χ2n) is 4.53. The van der Waals surface area contributed by atoms with Gasteiger partial charge in [0.15, 0.2) is 0 Å². The van der Waals surface area contributed by atoms with Crippen LogP contribution in [0.1, 0.15) is 16.2 Å². The van der Waals surface area contributed by atoms with Gasteiger partial charge in [-0.2, -0.15) is 0 Å². The van der Waals surface area contributed by atoms with Gasteiger partial charge in [0.1, 0.15) is 0 Å². The van der Waals surface area contributed by atoms with Crippen molar-refractivity contribution in [3.63, 3.8) is 0 Å². The number of aromatic nitrogens is 2. The van der Waals surface area contributed by atoms with Crippen LogP contribution in [-0.2, 0) is 6.54 Å². The number of nitrogens with one attached hydrogen (secondary N) is 1. The number of hydrogen-bond donors (Lipinski definition) is 1. The van der Waals surface area contributed by atoms with Crippen molar-refractivity contribution in [1.29, 1.82) is 0 Å². The minimum atomic E-state index is -0.202. The molecule has 1 N–H and O–H groups in total. The highest BCUT2D eigenvalue weighted by Crippen LogP contribution is 2.18. The molecule has 0 aliphatic heterocycles. The maximum Gasteiger partial charge on any atom is 0.252 e. The molecule has 0 atom stereocenters. The second kappa shape index (κ2) is 6.53. The molecule has 0 fully saturated rings. The lowest BCUT2D eigenvalue weighted by molar-refractivity contribution is 0.0946. The molecular weight excluding hydrogens is 346 g/mol. The third-order valence-electron chi connectivity index (χ3n) is 3.01. The van der Waals surface area contributed by atoms with Crippen molar-refractivity contribution in [2.24, 2.45) is 0 Å². The van der Waals surface area contributed by atoms with Crippen LogP contribution in [0, 0.1) is 0 Å². The summed E-state index contributed by atoms with van der Waals surface area (Å²) in [6.07, 6.45) is 0. The van der Waals surface area contributed by atoms with Gasteiger partial charge in [0.05, 0.1) is 12.1 Å². The second-order valence-corrected chi connectivity index (χ2v) is 5.38. The molecule has 0 aliphatic rings. The van der Waals surface area contributed by atoms with Crippen molar-refractivity contribution >= 4 is 21.8 Å². The van der Waals surface area contributed by atoms with Crippen LogP contribution in [0.15, 0.2) is 63.5 Å². The Morgan fingerprint density at radius 3 is 2.55 bits per heavy atom. The predicted octanol–water partition coefficient (Wildman–Crippen LogP) is 3.43. The first-order valence-electron chi connectivity index (χ1n) is 6.64. The molecule has 3 rings (SSSR count). The fraction of sp³-hybridized carbons (Fsp3) is 0.0625. The summed E-state index contributed by atoms with van der Waals surface area (Å²) in [5.41, 5.74) is 1.41. The first kappa shape index (κ1) is 14.5. The van der Waals surface area contributed by atoms with Gasteiger partial charge < -0.3 is 9.73 Å².